The smallest absolute Gasteiger partial charge is 0.191 e. The molecule has 0 amide bonds. The number of aliphatic imine (C=N–C) groups is 1. The highest BCUT2D eigenvalue weighted by atomic mass is 16.5. The fourth-order valence-electron chi connectivity index (χ4n) is 2.44. The summed E-state index contributed by atoms with van der Waals surface area (Å²) < 4.78 is 5.68. The summed E-state index contributed by atoms with van der Waals surface area (Å²) in [5.74, 6) is 2.62. The van der Waals surface area contributed by atoms with Crippen LogP contribution >= 0.6 is 0 Å². The van der Waals surface area contributed by atoms with Crippen LogP contribution in [0, 0.1) is 0 Å². The summed E-state index contributed by atoms with van der Waals surface area (Å²) in [6.07, 6.45) is 1.82. The largest absolute Gasteiger partial charge is 0.494 e. The third-order valence-electron chi connectivity index (χ3n) is 3.75. The van der Waals surface area contributed by atoms with Gasteiger partial charge in [-0.3, -0.25) is 0 Å². The van der Waals surface area contributed by atoms with Crippen molar-refractivity contribution >= 4 is 11.8 Å². The zero-order valence-corrected chi connectivity index (χ0v) is 16.1. The van der Waals surface area contributed by atoms with E-state index in [9.17, 15) is 0 Å². The van der Waals surface area contributed by atoms with Crippen molar-refractivity contribution in [3.8, 4) is 5.75 Å². The first-order chi connectivity index (χ1) is 12.6. The number of aromatic nitrogens is 1. The number of nitrogens with one attached hydrogen (secondary N) is 2. The normalized spacial score (nSPS) is 11.2. The Morgan fingerprint density at radius 1 is 1.15 bits per heavy atom. The molecule has 0 spiro atoms. The lowest BCUT2D eigenvalue weighted by Crippen LogP contribution is -2.36. The third kappa shape index (κ3) is 5.95. The van der Waals surface area contributed by atoms with Gasteiger partial charge in [0.15, 0.2) is 5.96 Å². The summed E-state index contributed by atoms with van der Waals surface area (Å²) in [6, 6.07) is 12.1. The lowest BCUT2D eigenvalue weighted by atomic mass is 10.2. The molecule has 0 saturated heterocycles. The van der Waals surface area contributed by atoms with Gasteiger partial charge in [-0.05, 0) is 37.6 Å². The molecule has 2 N–H and O–H groups in total. The molecule has 1 heterocycles. The number of nitrogens with zero attached hydrogens (tertiary/aromatic N) is 3. The van der Waals surface area contributed by atoms with Crippen LogP contribution in [0.15, 0.2) is 47.6 Å². The average molecular weight is 355 g/mol. The van der Waals surface area contributed by atoms with E-state index < -0.39 is 0 Å². The molecule has 6 nitrogen and oxygen atoms in total. The van der Waals surface area contributed by atoms with Gasteiger partial charge in [0.25, 0.3) is 0 Å². The molecule has 1 aromatic carbocycles. The van der Waals surface area contributed by atoms with Crippen molar-refractivity contribution in [1.82, 2.24) is 15.6 Å². The lowest BCUT2D eigenvalue weighted by molar-refractivity contribution is 0.336. The van der Waals surface area contributed by atoms with Crippen LogP contribution in [0.2, 0.25) is 0 Å². The average Bonchev–Trinajstić information content (AvgIpc) is 2.65. The Morgan fingerprint density at radius 3 is 2.69 bits per heavy atom. The molecular weight excluding hydrogens is 326 g/mol. The first-order valence-electron chi connectivity index (χ1n) is 8.99. The summed E-state index contributed by atoms with van der Waals surface area (Å²) in [7, 11) is 3.97. The Kier molecular flexibility index (Phi) is 7.74. The molecule has 0 aliphatic carbocycles. The van der Waals surface area contributed by atoms with Gasteiger partial charge in [0.1, 0.15) is 11.6 Å². The lowest BCUT2D eigenvalue weighted by Gasteiger charge is -2.14. The Hall–Kier alpha value is -2.76. The molecule has 0 unspecified atom stereocenters. The van der Waals surface area contributed by atoms with Gasteiger partial charge in [-0.15, -0.1) is 0 Å². The van der Waals surface area contributed by atoms with Crippen LogP contribution in [-0.2, 0) is 13.1 Å². The Morgan fingerprint density at radius 2 is 1.96 bits per heavy atom. The van der Waals surface area contributed by atoms with Crippen molar-refractivity contribution in [2.75, 3.05) is 32.1 Å². The van der Waals surface area contributed by atoms with Crippen molar-refractivity contribution in [2.45, 2.75) is 26.9 Å². The molecule has 2 aromatic rings. The molecule has 0 aliphatic heterocycles. The van der Waals surface area contributed by atoms with E-state index in [1.807, 2.05) is 56.4 Å². The van der Waals surface area contributed by atoms with E-state index in [1.54, 1.807) is 0 Å². The zero-order valence-electron chi connectivity index (χ0n) is 16.1. The van der Waals surface area contributed by atoms with Gasteiger partial charge in [0, 0.05) is 38.9 Å². The summed E-state index contributed by atoms with van der Waals surface area (Å²) in [6.45, 7) is 6.75. The number of anilines is 1. The zero-order chi connectivity index (χ0) is 18.8. The van der Waals surface area contributed by atoms with Crippen LogP contribution < -0.4 is 20.3 Å². The van der Waals surface area contributed by atoms with E-state index in [2.05, 4.69) is 39.7 Å². The van der Waals surface area contributed by atoms with Gasteiger partial charge in [0.2, 0.25) is 0 Å². The van der Waals surface area contributed by atoms with Crippen LogP contribution in [0.4, 0.5) is 5.82 Å². The second-order valence-electron chi connectivity index (χ2n) is 6.01. The van der Waals surface area contributed by atoms with Crippen LogP contribution in [-0.4, -0.2) is 38.2 Å². The standard InChI is InChI=1S/C20H29N5O/c1-5-21-20(23-14-16-11-12-22-19(13-16)25(3)4)24-15-17-9-7-8-10-18(17)26-6-2/h7-13H,5-6,14-15H2,1-4H3,(H2,21,23,24). The maximum Gasteiger partial charge on any atom is 0.191 e. The summed E-state index contributed by atoms with van der Waals surface area (Å²) >= 11 is 0. The van der Waals surface area contributed by atoms with E-state index in [4.69, 9.17) is 4.74 Å². The molecule has 0 atom stereocenters. The molecule has 2 rings (SSSR count). The Labute approximate surface area is 156 Å². The van der Waals surface area contributed by atoms with E-state index >= 15 is 0 Å². The van der Waals surface area contributed by atoms with Crippen molar-refractivity contribution in [3.63, 3.8) is 0 Å². The molecule has 140 valence electrons. The van der Waals surface area contributed by atoms with Gasteiger partial charge < -0.3 is 20.3 Å². The molecule has 0 saturated carbocycles. The fraction of sp³-hybridized carbons (Fsp3) is 0.400. The minimum absolute atomic E-state index is 0.589. The molecule has 6 heteroatoms. The Balaban J connectivity index is 2.04. The van der Waals surface area contributed by atoms with E-state index in [0.29, 0.717) is 19.7 Å². The van der Waals surface area contributed by atoms with Crippen molar-refractivity contribution in [3.05, 3.63) is 53.7 Å². The molecule has 1 aromatic heterocycles. The van der Waals surface area contributed by atoms with Crippen LogP contribution in [0.5, 0.6) is 5.75 Å². The molecule has 0 aliphatic rings. The van der Waals surface area contributed by atoms with E-state index in [0.717, 1.165) is 35.2 Å². The third-order valence-corrected chi connectivity index (χ3v) is 3.75. The number of hydrogen-bond acceptors (Lipinski definition) is 4. The maximum atomic E-state index is 5.68. The minimum atomic E-state index is 0.589. The topological polar surface area (TPSA) is 61.8 Å². The van der Waals surface area contributed by atoms with Crippen LogP contribution in [0.25, 0.3) is 0 Å². The van der Waals surface area contributed by atoms with Gasteiger partial charge >= 0.3 is 0 Å². The number of rotatable bonds is 8. The van der Waals surface area contributed by atoms with Crippen LogP contribution in [0.3, 0.4) is 0 Å². The first-order valence-corrected chi connectivity index (χ1v) is 8.99. The van der Waals surface area contributed by atoms with Gasteiger partial charge in [-0.25, -0.2) is 9.98 Å². The minimum Gasteiger partial charge on any atom is -0.494 e. The van der Waals surface area contributed by atoms with Crippen molar-refractivity contribution < 1.29 is 4.74 Å². The number of benzene rings is 1. The highest BCUT2D eigenvalue weighted by Gasteiger charge is 2.04. The first kappa shape index (κ1) is 19.6. The predicted molar refractivity (Wildman–Crippen MR) is 108 cm³/mol. The monoisotopic (exact) mass is 355 g/mol. The van der Waals surface area contributed by atoms with Gasteiger partial charge in [0.05, 0.1) is 13.2 Å². The van der Waals surface area contributed by atoms with Crippen LogP contribution in [0.1, 0.15) is 25.0 Å². The number of para-hydroxylation sites is 1. The maximum absolute atomic E-state index is 5.68. The fourth-order valence-corrected chi connectivity index (χ4v) is 2.44. The van der Waals surface area contributed by atoms with E-state index in [-0.39, 0.29) is 0 Å². The number of ether oxygens (including phenoxy) is 1. The molecule has 0 radical (unpaired) electrons. The van der Waals surface area contributed by atoms with Gasteiger partial charge in [-0.1, -0.05) is 18.2 Å². The number of guanidine groups is 1. The number of hydrogen-bond donors (Lipinski definition) is 2. The molecular formula is C20H29N5O. The van der Waals surface area contributed by atoms with Crippen molar-refractivity contribution in [2.24, 2.45) is 4.99 Å². The van der Waals surface area contributed by atoms with E-state index in [1.165, 1.54) is 0 Å². The summed E-state index contributed by atoms with van der Waals surface area (Å²) in [5, 5.41) is 6.66. The molecule has 0 bridgehead atoms. The quantitative estimate of drug-likeness (QED) is 0.563. The summed E-state index contributed by atoms with van der Waals surface area (Å²) in [5.41, 5.74) is 2.23. The predicted octanol–water partition coefficient (Wildman–Crippen LogP) is 2.80. The summed E-state index contributed by atoms with van der Waals surface area (Å²) in [4.78, 5) is 11.0. The SMILES string of the molecule is CCNC(=NCc1ccnc(N(C)C)c1)NCc1ccccc1OCC. The number of pyridine rings is 1. The second kappa shape index (κ2) is 10.3. The molecule has 0 fully saturated rings. The van der Waals surface area contributed by atoms with Crippen molar-refractivity contribution in [1.29, 1.82) is 0 Å². The second-order valence-corrected chi connectivity index (χ2v) is 6.01. The Bertz CT molecular complexity index is 715. The highest BCUT2D eigenvalue weighted by Crippen LogP contribution is 2.17. The molecule has 26 heavy (non-hydrogen) atoms. The van der Waals surface area contributed by atoms with Gasteiger partial charge in [-0.2, -0.15) is 0 Å². The highest BCUT2D eigenvalue weighted by molar-refractivity contribution is 5.79.